The molecule has 0 fully saturated rings. The Morgan fingerprint density at radius 1 is 0.576 bits per heavy atom. The molecule has 3 atom stereocenters. The number of aliphatic hydroxyl groups excluding tert-OH is 1. The van der Waals surface area contributed by atoms with Crippen LogP contribution in [0.25, 0.3) is 0 Å². The number of rotatable bonds is 44. The van der Waals surface area contributed by atoms with Crippen LogP contribution in [0.15, 0.2) is 48.6 Å². The van der Waals surface area contributed by atoms with E-state index in [4.69, 9.17) is 9.05 Å². The number of amides is 1. The molecular weight excluding hydrogens is 756 g/mol. The minimum atomic E-state index is -4.35. The van der Waals surface area contributed by atoms with Crippen molar-refractivity contribution in [3.8, 4) is 0 Å². The zero-order chi connectivity index (χ0) is 43.6. The van der Waals surface area contributed by atoms with Gasteiger partial charge in [0.2, 0.25) is 5.91 Å². The first kappa shape index (κ1) is 57.5. The Labute approximate surface area is 365 Å². The Kier molecular flexibility index (Phi) is 40.7. The molecule has 3 N–H and O–H groups in total. The fourth-order valence-electron chi connectivity index (χ4n) is 6.85. The SMILES string of the molecule is CCCCC/C=C\C/C=C\CCCCCCCCCC(=O)NC(COP(=O)(O)OCC[N+](C)(C)C)C(O)/C=C/CC/C=C/CCCCCCCCCCCCCCCC. The van der Waals surface area contributed by atoms with E-state index in [0.29, 0.717) is 17.4 Å². The summed E-state index contributed by atoms with van der Waals surface area (Å²) in [7, 11) is 1.55. The van der Waals surface area contributed by atoms with Gasteiger partial charge in [-0.1, -0.05) is 191 Å². The number of phosphoric ester groups is 1. The Morgan fingerprint density at radius 2 is 0.983 bits per heavy atom. The quantitative estimate of drug-likeness (QED) is 0.0244. The number of hydrogen-bond donors (Lipinski definition) is 3. The first-order valence-corrected chi connectivity index (χ1v) is 26.0. The van der Waals surface area contributed by atoms with Crippen molar-refractivity contribution in [2.75, 3.05) is 40.9 Å². The van der Waals surface area contributed by atoms with Crippen LogP contribution in [-0.4, -0.2) is 73.4 Å². The number of phosphoric acid groups is 1. The van der Waals surface area contributed by atoms with Gasteiger partial charge in [-0.05, 0) is 64.2 Å². The van der Waals surface area contributed by atoms with Gasteiger partial charge < -0.3 is 19.8 Å². The van der Waals surface area contributed by atoms with Crippen molar-refractivity contribution in [2.45, 2.75) is 225 Å². The Hall–Kier alpha value is -1.54. The van der Waals surface area contributed by atoms with Crippen molar-refractivity contribution in [1.29, 1.82) is 0 Å². The van der Waals surface area contributed by atoms with Crippen LogP contribution in [0.1, 0.15) is 213 Å². The summed E-state index contributed by atoms with van der Waals surface area (Å²) in [6, 6.07) is -0.868. The molecule has 0 aromatic carbocycles. The van der Waals surface area contributed by atoms with Crippen molar-refractivity contribution >= 4 is 13.7 Å². The van der Waals surface area contributed by atoms with E-state index in [-0.39, 0.29) is 19.1 Å². The van der Waals surface area contributed by atoms with Gasteiger partial charge in [-0.15, -0.1) is 0 Å². The van der Waals surface area contributed by atoms with Crippen molar-refractivity contribution in [3.05, 3.63) is 48.6 Å². The summed E-state index contributed by atoms with van der Waals surface area (Å²) in [6.45, 7) is 4.77. The average molecular weight is 852 g/mol. The van der Waals surface area contributed by atoms with E-state index in [0.717, 1.165) is 51.4 Å². The van der Waals surface area contributed by atoms with Crippen molar-refractivity contribution in [1.82, 2.24) is 5.32 Å². The van der Waals surface area contributed by atoms with Gasteiger partial charge >= 0.3 is 7.82 Å². The summed E-state index contributed by atoms with van der Waals surface area (Å²) in [4.78, 5) is 23.2. The molecular formula is C50H96N2O6P+. The molecule has 0 aromatic rings. The number of nitrogens with zero attached hydrogens (tertiary/aromatic N) is 1. The lowest BCUT2D eigenvalue weighted by atomic mass is 10.0. The van der Waals surface area contributed by atoms with E-state index < -0.39 is 20.0 Å². The molecule has 0 saturated heterocycles. The van der Waals surface area contributed by atoms with Crippen LogP contribution in [0.4, 0.5) is 0 Å². The summed E-state index contributed by atoms with van der Waals surface area (Å²) < 4.78 is 23.6. The van der Waals surface area contributed by atoms with E-state index in [2.05, 4.69) is 55.6 Å². The molecule has 0 radical (unpaired) electrons. The summed E-state index contributed by atoms with van der Waals surface area (Å²) >= 11 is 0. The first-order chi connectivity index (χ1) is 28.5. The maximum absolute atomic E-state index is 12.9. The minimum absolute atomic E-state index is 0.0534. The van der Waals surface area contributed by atoms with E-state index in [9.17, 15) is 19.4 Å². The van der Waals surface area contributed by atoms with E-state index in [1.165, 1.54) is 141 Å². The monoisotopic (exact) mass is 852 g/mol. The van der Waals surface area contributed by atoms with Crippen molar-refractivity contribution < 1.29 is 32.9 Å². The average Bonchev–Trinajstić information content (AvgIpc) is 3.19. The first-order valence-electron chi connectivity index (χ1n) is 24.5. The van der Waals surface area contributed by atoms with E-state index in [1.807, 2.05) is 27.2 Å². The molecule has 346 valence electrons. The molecule has 0 spiro atoms. The second-order valence-corrected chi connectivity index (χ2v) is 19.3. The Morgan fingerprint density at radius 3 is 1.49 bits per heavy atom. The van der Waals surface area contributed by atoms with Crippen LogP contribution in [0.5, 0.6) is 0 Å². The summed E-state index contributed by atoms with van der Waals surface area (Å²) in [5.41, 5.74) is 0. The zero-order valence-corrected chi connectivity index (χ0v) is 40.1. The highest BCUT2D eigenvalue weighted by molar-refractivity contribution is 7.47. The molecule has 0 bridgehead atoms. The molecule has 0 aromatic heterocycles. The second kappa shape index (κ2) is 41.8. The predicted octanol–water partition coefficient (Wildman–Crippen LogP) is 14.0. The van der Waals surface area contributed by atoms with Gasteiger partial charge in [-0.25, -0.2) is 4.57 Å². The lowest BCUT2D eigenvalue weighted by molar-refractivity contribution is -0.870. The third kappa shape index (κ3) is 44.3. The maximum atomic E-state index is 12.9. The van der Waals surface area contributed by atoms with E-state index in [1.54, 1.807) is 6.08 Å². The molecule has 0 saturated carbocycles. The number of carbonyl (C=O) groups excluding carboxylic acids is 1. The molecule has 0 heterocycles. The van der Waals surface area contributed by atoms with Crippen LogP contribution < -0.4 is 5.32 Å². The molecule has 9 heteroatoms. The number of likely N-dealkylation sites (N-methyl/N-ethyl adjacent to an activating group) is 1. The normalized spacial score (nSPS) is 14.6. The van der Waals surface area contributed by atoms with Crippen LogP contribution in [-0.2, 0) is 18.4 Å². The molecule has 0 rings (SSSR count). The summed E-state index contributed by atoms with van der Waals surface area (Å²) in [5, 5.41) is 13.8. The Bertz CT molecular complexity index is 1100. The minimum Gasteiger partial charge on any atom is -0.387 e. The smallest absolute Gasteiger partial charge is 0.387 e. The van der Waals surface area contributed by atoms with Crippen LogP contribution in [0.3, 0.4) is 0 Å². The maximum Gasteiger partial charge on any atom is 0.472 e. The molecule has 3 unspecified atom stereocenters. The molecule has 8 nitrogen and oxygen atoms in total. The Balaban J connectivity index is 4.42. The highest BCUT2D eigenvalue weighted by Crippen LogP contribution is 2.43. The van der Waals surface area contributed by atoms with Gasteiger partial charge in [0.1, 0.15) is 13.2 Å². The van der Waals surface area contributed by atoms with Gasteiger partial charge in [-0.2, -0.15) is 0 Å². The zero-order valence-electron chi connectivity index (χ0n) is 39.2. The van der Waals surface area contributed by atoms with Crippen LogP contribution >= 0.6 is 7.82 Å². The predicted molar refractivity (Wildman–Crippen MR) is 254 cm³/mol. The molecule has 59 heavy (non-hydrogen) atoms. The number of quaternary nitrogens is 1. The highest BCUT2D eigenvalue weighted by Gasteiger charge is 2.27. The molecule has 1 amide bonds. The van der Waals surface area contributed by atoms with Gasteiger partial charge in [-0.3, -0.25) is 13.8 Å². The number of nitrogens with one attached hydrogen (secondary N) is 1. The van der Waals surface area contributed by atoms with E-state index >= 15 is 0 Å². The molecule has 0 aliphatic heterocycles. The standard InChI is InChI=1S/C50H95N2O6P/c1-6-8-10-12-14-16-18-20-22-24-25-26-28-29-31-33-35-37-39-41-43-49(53)48(47-58-59(55,56)57-46-45-52(3,4)5)51-50(54)44-42-40-38-36-34-32-30-27-23-21-19-17-15-13-11-9-7-2/h15,17,21,23,33,35,41,43,48-49,53H,6-14,16,18-20,22,24-32,34,36-40,42,44-47H2,1-5H3,(H-,51,54,55,56)/p+1/b17-15-,23-21-,35-33+,43-41+. The van der Waals surface area contributed by atoms with Gasteiger partial charge in [0, 0.05) is 6.42 Å². The fraction of sp³-hybridized carbons (Fsp3) is 0.820. The molecule has 0 aliphatic carbocycles. The van der Waals surface area contributed by atoms with Crippen LogP contribution in [0.2, 0.25) is 0 Å². The number of aliphatic hydroxyl groups is 1. The van der Waals surface area contributed by atoms with Gasteiger partial charge in [0.15, 0.2) is 0 Å². The second-order valence-electron chi connectivity index (χ2n) is 17.8. The van der Waals surface area contributed by atoms with Crippen molar-refractivity contribution in [2.24, 2.45) is 0 Å². The topological polar surface area (TPSA) is 105 Å². The summed E-state index contributed by atoms with van der Waals surface area (Å²) in [5.74, 6) is -0.196. The lowest BCUT2D eigenvalue weighted by Crippen LogP contribution is -2.45. The van der Waals surface area contributed by atoms with Crippen LogP contribution in [0, 0.1) is 0 Å². The number of carbonyl (C=O) groups is 1. The third-order valence-corrected chi connectivity index (χ3v) is 11.8. The number of unbranched alkanes of at least 4 members (excludes halogenated alkanes) is 25. The lowest BCUT2D eigenvalue weighted by Gasteiger charge is -2.25. The van der Waals surface area contributed by atoms with Gasteiger partial charge in [0.25, 0.3) is 0 Å². The third-order valence-electron chi connectivity index (χ3n) is 10.8. The van der Waals surface area contributed by atoms with Crippen molar-refractivity contribution in [3.63, 3.8) is 0 Å². The molecule has 0 aliphatic rings. The highest BCUT2D eigenvalue weighted by atomic mass is 31.2. The number of hydrogen-bond acceptors (Lipinski definition) is 5. The largest absolute Gasteiger partial charge is 0.472 e. The summed E-state index contributed by atoms with van der Waals surface area (Å²) in [6.07, 6.45) is 53.3. The fourth-order valence-corrected chi connectivity index (χ4v) is 7.59. The van der Waals surface area contributed by atoms with Gasteiger partial charge in [0.05, 0.1) is 39.9 Å². The number of allylic oxidation sites excluding steroid dienone is 7.